The van der Waals surface area contributed by atoms with Crippen LogP contribution in [0.25, 0.3) is 0 Å². The molecule has 1 rings (SSSR count). The highest BCUT2D eigenvalue weighted by Crippen LogP contribution is 2.27. The minimum Gasteiger partial charge on any atom is -0.490 e. The molecular weight excluding hydrogens is 208 g/mol. The third-order valence-corrected chi connectivity index (χ3v) is 2.48. The zero-order valence-electron chi connectivity index (χ0n) is 9.69. The van der Waals surface area contributed by atoms with Gasteiger partial charge in [0.1, 0.15) is 0 Å². The summed E-state index contributed by atoms with van der Waals surface area (Å²) in [5.41, 5.74) is 1.02. The van der Waals surface area contributed by atoms with Crippen LogP contribution in [0.2, 0.25) is 0 Å². The van der Waals surface area contributed by atoms with Gasteiger partial charge in [-0.05, 0) is 32.0 Å². The van der Waals surface area contributed by atoms with Crippen molar-refractivity contribution in [1.29, 1.82) is 0 Å². The van der Waals surface area contributed by atoms with Crippen molar-refractivity contribution in [3.05, 3.63) is 33.9 Å². The maximum Gasteiger partial charge on any atom is 0.310 e. The number of rotatable bonds is 5. The fraction of sp³-hybridized carbons (Fsp3) is 0.455. The van der Waals surface area contributed by atoms with Crippen molar-refractivity contribution in [2.75, 3.05) is 14.2 Å². The zero-order valence-corrected chi connectivity index (χ0v) is 9.69. The first-order valence-corrected chi connectivity index (χ1v) is 5.07. The van der Waals surface area contributed by atoms with Crippen LogP contribution in [0.1, 0.15) is 12.5 Å². The lowest BCUT2D eigenvalue weighted by Crippen LogP contribution is -2.23. The van der Waals surface area contributed by atoms with Crippen molar-refractivity contribution in [3.8, 4) is 5.75 Å². The monoisotopic (exact) mass is 224 g/mol. The van der Waals surface area contributed by atoms with Crippen LogP contribution in [0.15, 0.2) is 18.2 Å². The van der Waals surface area contributed by atoms with E-state index in [4.69, 9.17) is 4.74 Å². The SMILES string of the molecule is CNC(C)Cc1ccc([N+](=O)[O-])c(OC)c1. The van der Waals surface area contributed by atoms with Crippen LogP contribution in [0, 0.1) is 10.1 Å². The van der Waals surface area contributed by atoms with E-state index in [0.29, 0.717) is 11.8 Å². The first kappa shape index (κ1) is 12.4. The van der Waals surface area contributed by atoms with Gasteiger partial charge in [0.05, 0.1) is 12.0 Å². The van der Waals surface area contributed by atoms with E-state index in [1.165, 1.54) is 13.2 Å². The van der Waals surface area contributed by atoms with Gasteiger partial charge in [0.15, 0.2) is 5.75 Å². The number of ether oxygens (including phenoxy) is 1. The summed E-state index contributed by atoms with van der Waals surface area (Å²) in [5, 5.41) is 13.8. The van der Waals surface area contributed by atoms with Gasteiger partial charge in [0, 0.05) is 12.1 Å². The highest BCUT2D eigenvalue weighted by molar-refractivity contribution is 5.48. The van der Waals surface area contributed by atoms with Crippen molar-refractivity contribution in [2.45, 2.75) is 19.4 Å². The lowest BCUT2D eigenvalue weighted by atomic mass is 10.1. The van der Waals surface area contributed by atoms with Crippen molar-refractivity contribution in [1.82, 2.24) is 5.32 Å². The Bertz CT molecular complexity index is 379. The zero-order chi connectivity index (χ0) is 12.1. The molecule has 0 fully saturated rings. The molecule has 1 aromatic rings. The van der Waals surface area contributed by atoms with Gasteiger partial charge < -0.3 is 10.1 Å². The topological polar surface area (TPSA) is 64.4 Å². The second-order valence-electron chi connectivity index (χ2n) is 3.66. The maximum absolute atomic E-state index is 10.7. The number of nitro groups is 1. The maximum atomic E-state index is 10.7. The molecule has 1 N–H and O–H groups in total. The molecular formula is C11H16N2O3. The van der Waals surface area contributed by atoms with E-state index in [9.17, 15) is 10.1 Å². The summed E-state index contributed by atoms with van der Waals surface area (Å²) in [6, 6.07) is 5.28. The molecule has 0 amide bonds. The Balaban J connectivity index is 2.95. The fourth-order valence-corrected chi connectivity index (χ4v) is 1.46. The van der Waals surface area contributed by atoms with Crippen LogP contribution in [-0.4, -0.2) is 25.1 Å². The second-order valence-corrected chi connectivity index (χ2v) is 3.66. The van der Waals surface area contributed by atoms with E-state index in [1.54, 1.807) is 12.1 Å². The molecule has 0 radical (unpaired) electrons. The number of nitrogens with zero attached hydrogens (tertiary/aromatic N) is 1. The number of nitrogens with one attached hydrogen (secondary N) is 1. The molecule has 0 aliphatic rings. The Kier molecular flexibility index (Phi) is 4.25. The van der Waals surface area contributed by atoms with Crippen LogP contribution >= 0.6 is 0 Å². The van der Waals surface area contributed by atoms with Crippen molar-refractivity contribution in [3.63, 3.8) is 0 Å². The Hall–Kier alpha value is -1.62. The van der Waals surface area contributed by atoms with Gasteiger partial charge in [0.2, 0.25) is 0 Å². The molecule has 0 saturated heterocycles. The van der Waals surface area contributed by atoms with Crippen molar-refractivity contribution < 1.29 is 9.66 Å². The van der Waals surface area contributed by atoms with Gasteiger partial charge in [-0.3, -0.25) is 10.1 Å². The molecule has 16 heavy (non-hydrogen) atoms. The number of hydrogen-bond donors (Lipinski definition) is 1. The van der Waals surface area contributed by atoms with E-state index >= 15 is 0 Å². The average molecular weight is 224 g/mol. The summed E-state index contributed by atoms with van der Waals surface area (Å²) in [6.07, 6.45) is 0.810. The van der Waals surface area contributed by atoms with E-state index in [0.717, 1.165) is 12.0 Å². The van der Waals surface area contributed by atoms with Gasteiger partial charge in [-0.25, -0.2) is 0 Å². The van der Waals surface area contributed by atoms with Crippen LogP contribution in [0.3, 0.4) is 0 Å². The fourth-order valence-electron chi connectivity index (χ4n) is 1.46. The number of likely N-dealkylation sites (N-methyl/N-ethyl adjacent to an activating group) is 1. The molecule has 1 aromatic carbocycles. The van der Waals surface area contributed by atoms with Gasteiger partial charge >= 0.3 is 5.69 Å². The molecule has 1 atom stereocenters. The molecule has 0 heterocycles. The minimum atomic E-state index is -0.440. The van der Waals surface area contributed by atoms with Gasteiger partial charge in [0.25, 0.3) is 0 Å². The highest BCUT2D eigenvalue weighted by atomic mass is 16.6. The quantitative estimate of drug-likeness (QED) is 0.611. The molecule has 0 aliphatic carbocycles. The van der Waals surface area contributed by atoms with Gasteiger partial charge in [-0.2, -0.15) is 0 Å². The van der Waals surface area contributed by atoms with Crippen LogP contribution in [0.4, 0.5) is 5.69 Å². The smallest absolute Gasteiger partial charge is 0.310 e. The predicted octanol–water partition coefficient (Wildman–Crippen LogP) is 1.75. The molecule has 88 valence electrons. The molecule has 0 saturated carbocycles. The summed E-state index contributed by atoms with van der Waals surface area (Å²) in [4.78, 5) is 10.2. The molecule has 1 unspecified atom stereocenters. The molecule has 5 nitrogen and oxygen atoms in total. The molecule has 5 heteroatoms. The summed E-state index contributed by atoms with van der Waals surface area (Å²) in [6.45, 7) is 2.05. The van der Waals surface area contributed by atoms with Crippen LogP contribution in [0.5, 0.6) is 5.75 Å². The number of benzene rings is 1. The summed E-state index contributed by atoms with van der Waals surface area (Å²) < 4.78 is 5.00. The van der Waals surface area contributed by atoms with E-state index < -0.39 is 4.92 Å². The lowest BCUT2D eigenvalue weighted by Gasteiger charge is -2.10. The first-order valence-electron chi connectivity index (χ1n) is 5.07. The van der Waals surface area contributed by atoms with E-state index in [2.05, 4.69) is 5.32 Å². The Labute approximate surface area is 94.6 Å². The van der Waals surface area contributed by atoms with Crippen LogP contribution in [-0.2, 0) is 6.42 Å². The number of methoxy groups -OCH3 is 1. The largest absolute Gasteiger partial charge is 0.490 e. The molecule has 0 bridgehead atoms. The third-order valence-electron chi connectivity index (χ3n) is 2.48. The predicted molar refractivity (Wildman–Crippen MR) is 61.9 cm³/mol. The highest BCUT2D eigenvalue weighted by Gasteiger charge is 2.15. The minimum absolute atomic E-state index is 0.00311. The second kappa shape index (κ2) is 5.46. The van der Waals surface area contributed by atoms with Gasteiger partial charge in [-0.15, -0.1) is 0 Å². The Morgan fingerprint density at radius 3 is 2.75 bits per heavy atom. The van der Waals surface area contributed by atoms with Crippen molar-refractivity contribution in [2.24, 2.45) is 0 Å². The first-order chi connectivity index (χ1) is 7.58. The van der Waals surface area contributed by atoms with Crippen LogP contribution < -0.4 is 10.1 Å². The Morgan fingerprint density at radius 2 is 2.25 bits per heavy atom. The number of nitro benzene ring substituents is 1. The number of hydrogen-bond acceptors (Lipinski definition) is 4. The average Bonchev–Trinajstić information content (AvgIpc) is 2.28. The Morgan fingerprint density at radius 1 is 1.56 bits per heavy atom. The van der Waals surface area contributed by atoms with Crippen molar-refractivity contribution >= 4 is 5.69 Å². The van der Waals surface area contributed by atoms with E-state index in [1.807, 2.05) is 14.0 Å². The standard InChI is InChI=1S/C11H16N2O3/c1-8(12-2)6-9-4-5-10(13(14)15)11(7-9)16-3/h4-5,7-8,12H,6H2,1-3H3. The molecule has 0 aromatic heterocycles. The van der Waals surface area contributed by atoms with Gasteiger partial charge in [-0.1, -0.05) is 6.07 Å². The molecule has 0 spiro atoms. The summed E-state index contributed by atoms with van der Waals surface area (Å²) >= 11 is 0. The van der Waals surface area contributed by atoms with E-state index in [-0.39, 0.29) is 5.69 Å². The normalized spacial score (nSPS) is 12.2. The molecule has 0 aliphatic heterocycles. The lowest BCUT2D eigenvalue weighted by molar-refractivity contribution is -0.385. The summed E-state index contributed by atoms with van der Waals surface area (Å²) in [5.74, 6) is 0.311. The summed E-state index contributed by atoms with van der Waals surface area (Å²) in [7, 11) is 3.32. The third kappa shape index (κ3) is 2.93.